The molecule has 29 nitrogen and oxygen atoms in total. The fourth-order valence-electron chi connectivity index (χ4n) is 7.63. The minimum absolute atomic E-state index is 0.0137. The highest BCUT2D eigenvalue weighted by Gasteiger charge is 2.50. The molecular formula is C40H54BrN10O19P3. The number of aromatic nitrogens is 4. The monoisotopic (exact) mass is 1150 g/mol. The molecule has 73 heavy (non-hydrogen) atoms. The Hall–Kier alpha value is -4.87. The molecule has 1 fully saturated rings. The number of halogens is 1. The van der Waals surface area contributed by atoms with E-state index in [1.165, 1.54) is 13.8 Å². The maximum atomic E-state index is 13.5. The Bertz CT molecular complexity index is 2850. The third-order valence-corrected chi connectivity index (χ3v) is 15.3. The van der Waals surface area contributed by atoms with Gasteiger partial charge in [0, 0.05) is 72.1 Å². The Balaban J connectivity index is 0.930. The second kappa shape index (κ2) is 23.8. The second-order valence-corrected chi connectivity index (χ2v) is 22.5. The van der Waals surface area contributed by atoms with E-state index in [1.807, 2.05) is 6.92 Å². The number of carbonyl (C=O) groups excluding carboxylic acids is 5. The van der Waals surface area contributed by atoms with Crippen molar-refractivity contribution >= 4 is 102 Å². The standard InChI is InChI=1S/C40H54BrN10O19P3/c1-4-6-24(41)35(55)46-14-13-43-25-10-9-23-28-21(25)7-5-8-22(28)37(57)50(38(23)58)16-15-44-27(52)11-12-45-36(56)32(54)40(2,3)18-67-73(64,65)70-72(62,63)66-17-26-31(69-71(59,60)61)30(53)39(68-26)51-20-49-29-33(42)47-19-48-34(29)51/h5,7-10,19-20,24,26,30-32,39,43,53-54H,4,6,11-18H2,1-3H3,(H,44,52)(H,45,56)(H,46,55)(H,62,63)(H,64,65)(H2,42,47,48)(H2,59,60,61)/t24?,26-,30-,31-,32+,39-/m1/s1. The molecule has 400 valence electrons. The molecule has 0 spiro atoms. The number of aliphatic hydroxyl groups is 2. The summed E-state index contributed by atoms with van der Waals surface area (Å²) in [5, 5.41) is 33.8. The molecule has 1 saturated heterocycles. The van der Waals surface area contributed by atoms with Crippen molar-refractivity contribution in [1.29, 1.82) is 0 Å². The molecule has 8 atom stereocenters. The van der Waals surface area contributed by atoms with Crippen molar-refractivity contribution in [3.05, 3.63) is 54.1 Å². The molecule has 5 amide bonds. The normalized spacial score (nSPS) is 20.6. The number of nitrogens with zero attached hydrogens (tertiary/aromatic N) is 5. The van der Waals surface area contributed by atoms with E-state index in [9.17, 15) is 67.5 Å². The van der Waals surface area contributed by atoms with Gasteiger partial charge in [0.2, 0.25) is 17.7 Å². The van der Waals surface area contributed by atoms with Crippen LogP contribution in [0.15, 0.2) is 43.0 Å². The number of rotatable bonds is 26. The highest BCUT2D eigenvalue weighted by atomic mass is 79.9. The van der Waals surface area contributed by atoms with Crippen LogP contribution in [0.5, 0.6) is 0 Å². The molecule has 0 saturated carbocycles. The number of alkyl halides is 1. The van der Waals surface area contributed by atoms with E-state index in [1.54, 1.807) is 30.3 Å². The molecule has 33 heteroatoms. The zero-order valence-electron chi connectivity index (χ0n) is 39.1. The van der Waals surface area contributed by atoms with Gasteiger partial charge in [0.15, 0.2) is 17.7 Å². The van der Waals surface area contributed by atoms with Gasteiger partial charge in [-0.05, 0) is 24.6 Å². The van der Waals surface area contributed by atoms with Crippen LogP contribution in [0.1, 0.15) is 67.0 Å². The number of nitrogen functional groups attached to an aromatic ring is 1. The first kappa shape index (κ1) is 57.4. The van der Waals surface area contributed by atoms with Crippen LogP contribution >= 0.6 is 39.4 Å². The first-order valence-corrected chi connectivity index (χ1v) is 27.6. The first-order chi connectivity index (χ1) is 34.2. The Morgan fingerprint density at radius 1 is 0.918 bits per heavy atom. The van der Waals surface area contributed by atoms with Crippen molar-refractivity contribution in [2.75, 3.05) is 57.0 Å². The number of hydrogen-bond donors (Lipinski definition) is 11. The van der Waals surface area contributed by atoms with E-state index >= 15 is 0 Å². The van der Waals surface area contributed by atoms with Crippen LogP contribution in [0.2, 0.25) is 0 Å². The Morgan fingerprint density at radius 3 is 2.30 bits per heavy atom. The summed E-state index contributed by atoms with van der Waals surface area (Å²) in [5.74, 6) is -2.97. The average molecular weight is 1150 g/mol. The van der Waals surface area contributed by atoms with E-state index in [0.717, 1.165) is 28.5 Å². The smallest absolute Gasteiger partial charge is 0.386 e. The zero-order valence-corrected chi connectivity index (χ0v) is 43.4. The summed E-state index contributed by atoms with van der Waals surface area (Å²) in [7, 11) is -16.6. The maximum absolute atomic E-state index is 13.5. The molecular weight excluding hydrogens is 1100 g/mol. The van der Waals surface area contributed by atoms with Gasteiger partial charge in [-0.2, -0.15) is 4.31 Å². The molecule has 2 aliphatic rings. The number of imidazole rings is 1. The lowest BCUT2D eigenvalue weighted by molar-refractivity contribution is -0.137. The summed E-state index contributed by atoms with van der Waals surface area (Å²) in [5.41, 5.74) is 5.40. The fourth-order valence-corrected chi connectivity index (χ4v) is 11.1. The van der Waals surface area contributed by atoms with E-state index in [2.05, 4.69) is 61.0 Å². The van der Waals surface area contributed by atoms with Crippen molar-refractivity contribution in [2.45, 2.75) is 75.5 Å². The van der Waals surface area contributed by atoms with Crippen molar-refractivity contribution in [3.8, 4) is 0 Å². The summed E-state index contributed by atoms with van der Waals surface area (Å²) >= 11 is 3.37. The average Bonchev–Trinajstić information content (AvgIpc) is 3.88. The quantitative estimate of drug-likeness (QED) is 0.0180. The topological polar surface area (TPSA) is 425 Å². The number of benzene rings is 2. The third kappa shape index (κ3) is 14.3. The molecule has 2 aliphatic heterocycles. The van der Waals surface area contributed by atoms with E-state index in [-0.39, 0.29) is 64.9 Å². The number of nitrogens with two attached hydrogens (primary N) is 1. The number of phosphoric ester groups is 3. The number of hydrogen-bond acceptors (Lipinski definition) is 20. The van der Waals surface area contributed by atoms with Crippen molar-refractivity contribution in [3.63, 3.8) is 0 Å². The van der Waals surface area contributed by atoms with Crippen LogP contribution in [0, 0.1) is 5.41 Å². The lowest BCUT2D eigenvalue weighted by Gasteiger charge is -2.30. The van der Waals surface area contributed by atoms with Crippen molar-refractivity contribution in [1.82, 2.24) is 40.4 Å². The van der Waals surface area contributed by atoms with Crippen LogP contribution in [0.3, 0.4) is 0 Å². The molecule has 2 aromatic carbocycles. The van der Waals surface area contributed by atoms with E-state index in [0.29, 0.717) is 36.0 Å². The Kier molecular flexibility index (Phi) is 18.7. The van der Waals surface area contributed by atoms with Gasteiger partial charge in [-0.15, -0.1) is 0 Å². The number of ether oxygens (including phenoxy) is 1. The number of imide groups is 1. The number of anilines is 2. The Labute approximate surface area is 423 Å². The largest absolute Gasteiger partial charge is 0.481 e. The SMILES string of the molecule is CCCC(Br)C(=O)NCCNc1ccc2c3c(cccc13)C(=O)N(CCNC(=O)CCNC(=O)[C@H](O)C(C)(C)COP(=O)(O)OP(=O)(O)OC[C@H]1O[C@@H](n3cnc4c(N)ncnc43)[C@H](O)[C@@H]1OP(=O)(O)O)C2=O. The predicted molar refractivity (Wildman–Crippen MR) is 258 cm³/mol. The first-order valence-electron chi connectivity index (χ1n) is 22.2. The van der Waals surface area contributed by atoms with Gasteiger partial charge < -0.3 is 61.5 Å². The van der Waals surface area contributed by atoms with Gasteiger partial charge in [0.1, 0.15) is 36.3 Å². The lowest BCUT2D eigenvalue weighted by atomic mass is 9.87. The van der Waals surface area contributed by atoms with Crippen LogP contribution < -0.4 is 27.0 Å². The van der Waals surface area contributed by atoms with Crippen LogP contribution in [-0.4, -0.2) is 159 Å². The molecule has 3 unspecified atom stereocenters. The number of aliphatic hydroxyl groups excluding tert-OH is 2. The second-order valence-electron chi connectivity index (χ2n) is 17.2. The van der Waals surface area contributed by atoms with Gasteiger partial charge in [-0.3, -0.25) is 47.0 Å². The third-order valence-electron chi connectivity index (χ3n) is 11.3. The molecule has 6 rings (SSSR count). The van der Waals surface area contributed by atoms with Gasteiger partial charge >= 0.3 is 23.5 Å². The fraction of sp³-hybridized carbons (Fsp3) is 0.500. The maximum Gasteiger partial charge on any atom is 0.481 e. The number of phosphoric acid groups is 3. The zero-order chi connectivity index (χ0) is 53.6. The molecule has 4 heterocycles. The van der Waals surface area contributed by atoms with Crippen LogP contribution in [0.4, 0.5) is 11.5 Å². The predicted octanol–water partition coefficient (Wildman–Crippen LogP) is 0.946. The van der Waals surface area contributed by atoms with E-state index < -0.39 is 96.4 Å². The highest BCUT2D eigenvalue weighted by molar-refractivity contribution is 9.10. The van der Waals surface area contributed by atoms with Crippen LogP contribution in [0.25, 0.3) is 21.9 Å². The number of amides is 5. The molecule has 0 bridgehead atoms. The number of nitrogens with one attached hydrogen (secondary N) is 4. The molecule has 0 radical (unpaired) electrons. The van der Waals surface area contributed by atoms with E-state index in [4.69, 9.17) is 19.5 Å². The van der Waals surface area contributed by atoms with Gasteiger partial charge in [0.25, 0.3) is 11.8 Å². The highest BCUT2D eigenvalue weighted by Crippen LogP contribution is 2.61. The minimum atomic E-state index is -5.63. The molecule has 2 aromatic heterocycles. The Morgan fingerprint density at radius 2 is 1.60 bits per heavy atom. The molecule has 12 N–H and O–H groups in total. The lowest BCUT2D eigenvalue weighted by Crippen LogP contribution is -2.47. The summed E-state index contributed by atoms with van der Waals surface area (Å²) < 4.78 is 62.6. The minimum Gasteiger partial charge on any atom is -0.386 e. The van der Waals surface area contributed by atoms with Crippen LogP contribution in [-0.2, 0) is 50.7 Å². The molecule has 4 aromatic rings. The number of fused-ring (bicyclic) bond motifs is 1. The molecule has 0 aliphatic carbocycles. The van der Waals surface area contributed by atoms with Crippen molar-refractivity contribution < 1.29 is 90.1 Å². The summed E-state index contributed by atoms with van der Waals surface area (Å²) in [4.78, 5) is 117. The summed E-state index contributed by atoms with van der Waals surface area (Å²) in [6.45, 7) is 2.40. The number of carbonyl (C=O) groups is 5. The summed E-state index contributed by atoms with van der Waals surface area (Å²) in [6, 6.07) is 8.35. The summed E-state index contributed by atoms with van der Waals surface area (Å²) in [6.07, 6.45) is -5.73. The van der Waals surface area contributed by atoms with Crippen molar-refractivity contribution in [2.24, 2.45) is 5.41 Å². The van der Waals surface area contributed by atoms with Gasteiger partial charge in [0.05, 0.1) is 24.4 Å². The van der Waals surface area contributed by atoms with Gasteiger partial charge in [-0.1, -0.05) is 55.3 Å². The van der Waals surface area contributed by atoms with Gasteiger partial charge in [-0.25, -0.2) is 28.6 Å².